The summed E-state index contributed by atoms with van der Waals surface area (Å²) in [7, 11) is 1.75. The highest BCUT2D eigenvalue weighted by Crippen LogP contribution is 2.25. The summed E-state index contributed by atoms with van der Waals surface area (Å²) in [5.74, 6) is -1.53. The number of rotatable bonds is 7. The van der Waals surface area contributed by atoms with Gasteiger partial charge in [0.15, 0.2) is 11.0 Å². The van der Waals surface area contributed by atoms with Gasteiger partial charge in [-0.1, -0.05) is 48.2 Å². The highest BCUT2D eigenvalue weighted by atomic mass is 32.2. The number of nitrogens with one attached hydrogen (secondary N) is 2. The Hall–Kier alpha value is -4.05. The lowest BCUT2D eigenvalue weighted by Gasteiger charge is -2.09. The van der Waals surface area contributed by atoms with Crippen LogP contribution in [-0.4, -0.2) is 32.3 Å². The van der Waals surface area contributed by atoms with Crippen molar-refractivity contribution in [1.82, 2.24) is 14.8 Å². The van der Waals surface area contributed by atoms with Gasteiger partial charge in [0.1, 0.15) is 11.6 Å². The molecule has 1 aromatic heterocycles. The molecule has 0 aliphatic carbocycles. The average Bonchev–Trinajstić information content (AvgIpc) is 3.20. The molecule has 4 aromatic rings. The molecule has 2 N–H and O–H groups in total. The number of anilines is 2. The Kier molecular flexibility index (Phi) is 6.98. The normalized spacial score (nSPS) is 10.7. The number of hydrogen-bond donors (Lipinski definition) is 2. The number of benzene rings is 3. The van der Waals surface area contributed by atoms with Gasteiger partial charge in [0.25, 0.3) is 5.91 Å². The predicted molar refractivity (Wildman–Crippen MR) is 127 cm³/mol. The van der Waals surface area contributed by atoms with E-state index in [4.69, 9.17) is 0 Å². The number of amides is 2. The first kappa shape index (κ1) is 23.1. The van der Waals surface area contributed by atoms with Gasteiger partial charge in [-0.2, -0.15) is 0 Å². The van der Waals surface area contributed by atoms with E-state index in [1.54, 1.807) is 54.1 Å². The molecule has 4 rings (SSSR count). The van der Waals surface area contributed by atoms with Crippen molar-refractivity contribution in [3.05, 3.63) is 90.0 Å². The number of para-hydroxylation sites is 1. The number of carbonyl (C=O) groups is 2. The van der Waals surface area contributed by atoms with Crippen molar-refractivity contribution in [2.75, 3.05) is 16.4 Å². The first-order chi connectivity index (χ1) is 16.4. The second-order valence-corrected chi connectivity index (χ2v) is 8.14. The van der Waals surface area contributed by atoms with Gasteiger partial charge in [-0.05, 0) is 36.4 Å². The lowest BCUT2D eigenvalue weighted by atomic mass is 10.1. The number of halogens is 2. The zero-order chi connectivity index (χ0) is 24.1. The fourth-order valence-corrected chi connectivity index (χ4v) is 3.86. The van der Waals surface area contributed by atoms with Gasteiger partial charge in [-0.25, -0.2) is 8.78 Å². The molecule has 0 atom stereocenters. The molecule has 0 radical (unpaired) electrons. The van der Waals surface area contributed by atoms with Crippen molar-refractivity contribution in [2.24, 2.45) is 7.05 Å². The van der Waals surface area contributed by atoms with Crippen LogP contribution in [-0.2, 0) is 11.8 Å². The number of carbonyl (C=O) groups excluding carboxylic acids is 2. The van der Waals surface area contributed by atoms with E-state index in [2.05, 4.69) is 20.8 Å². The SMILES string of the molecule is Cn1c(SCC(=O)Nc2ccccc2F)nnc1-c1cccc(NC(=O)c2ccccc2F)c1. The van der Waals surface area contributed by atoms with Crippen molar-refractivity contribution < 1.29 is 18.4 Å². The summed E-state index contributed by atoms with van der Waals surface area (Å²) < 4.78 is 29.3. The van der Waals surface area contributed by atoms with E-state index in [0.29, 0.717) is 22.2 Å². The molecule has 2 amide bonds. The Labute approximate surface area is 198 Å². The lowest BCUT2D eigenvalue weighted by Crippen LogP contribution is -2.15. The molecule has 3 aromatic carbocycles. The zero-order valence-corrected chi connectivity index (χ0v) is 18.8. The second-order valence-electron chi connectivity index (χ2n) is 7.20. The van der Waals surface area contributed by atoms with Crippen molar-refractivity contribution in [3.8, 4) is 11.4 Å². The third-order valence-corrected chi connectivity index (χ3v) is 5.83. The van der Waals surface area contributed by atoms with Crippen LogP contribution in [0.3, 0.4) is 0 Å². The molecular formula is C24H19F2N5O2S. The number of nitrogens with zero attached hydrogens (tertiary/aromatic N) is 3. The Bertz CT molecular complexity index is 1360. The Balaban J connectivity index is 1.43. The maximum atomic E-state index is 13.9. The van der Waals surface area contributed by atoms with E-state index in [-0.39, 0.29) is 22.9 Å². The van der Waals surface area contributed by atoms with E-state index in [1.165, 1.54) is 30.3 Å². The molecule has 0 saturated carbocycles. The summed E-state index contributed by atoms with van der Waals surface area (Å²) in [6.45, 7) is 0. The van der Waals surface area contributed by atoms with E-state index >= 15 is 0 Å². The minimum Gasteiger partial charge on any atom is -0.323 e. The van der Waals surface area contributed by atoms with Gasteiger partial charge in [0, 0.05) is 18.3 Å². The fourth-order valence-electron chi connectivity index (χ4n) is 3.15. The van der Waals surface area contributed by atoms with Crippen molar-refractivity contribution >= 4 is 35.0 Å². The fraction of sp³-hybridized carbons (Fsp3) is 0.0833. The molecule has 0 spiro atoms. The van der Waals surface area contributed by atoms with Gasteiger partial charge in [-0.15, -0.1) is 10.2 Å². The molecule has 172 valence electrons. The minimum atomic E-state index is -0.606. The van der Waals surface area contributed by atoms with Gasteiger partial charge >= 0.3 is 0 Å². The maximum Gasteiger partial charge on any atom is 0.258 e. The Morgan fingerprint density at radius 1 is 0.912 bits per heavy atom. The van der Waals surface area contributed by atoms with Crippen molar-refractivity contribution in [1.29, 1.82) is 0 Å². The number of thioether (sulfide) groups is 1. The van der Waals surface area contributed by atoms with E-state index in [0.717, 1.165) is 11.8 Å². The van der Waals surface area contributed by atoms with Gasteiger partial charge < -0.3 is 15.2 Å². The van der Waals surface area contributed by atoms with Crippen molar-refractivity contribution in [3.63, 3.8) is 0 Å². The second kappa shape index (κ2) is 10.3. The monoisotopic (exact) mass is 479 g/mol. The number of hydrogen-bond acceptors (Lipinski definition) is 5. The topological polar surface area (TPSA) is 88.9 Å². The molecule has 10 heteroatoms. The van der Waals surface area contributed by atoms with Crippen LogP contribution in [0.5, 0.6) is 0 Å². The van der Waals surface area contributed by atoms with Crippen LogP contribution in [0.15, 0.2) is 78.0 Å². The quantitative estimate of drug-likeness (QED) is 0.374. The summed E-state index contributed by atoms with van der Waals surface area (Å²) in [6, 6.07) is 18.6. The van der Waals surface area contributed by atoms with Gasteiger partial charge in [-0.3, -0.25) is 9.59 Å². The summed E-state index contributed by atoms with van der Waals surface area (Å²) in [5.41, 5.74) is 1.19. The molecule has 0 aliphatic heterocycles. The van der Waals surface area contributed by atoms with E-state index in [9.17, 15) is 18.4 Å². The largest absolute Gasteiger partial charge is 0.323 e. The minimum absolute atomic E-state index is 0.0129. The Morgan fingerprint density at radius 3 is 2.41 bits per heavy atom. The zero-order valence-electron chi connectivity index (χ0n) is 18.0. The highest BCUT2D eigenvalue weighted by Gasteiger charge is 2.15. The molecule has 0 aliphatic rings. The van der Waals surface area contributed by atoms with Crippen molar-refractivity contribution in [2.45, 2.75) is 5.16 Å². The summed E-state index contributed by atoms with van der Waals surface area (Å²) in [6.07, 6.45) is 0. The summed E-state index contributed by atoms with van der Waals surface area (Å²) in [5, 5.41) is 14.0. The van der Waals surface area contributed by atoms with Crippen LogP contribution in [0, 0.1) is 11.6 Å². The van der Waals surface area contributed by atoms with E-state index < -0.39 is 17.5 Å². The van der Waals surface area contributed by atoms with E-state index in [1.807, 2.05) is 0 Å². The third kappa shape index (κ3) is 5.29. The van der Waals surface area contributed by atoms with Crippen LogP contribution < -0.4 is 10.6 Å². The molecule has 7 nitrogen and oxygen atoms in total. The van der Waals surface area contributed by atoms with Crippen LogP contribution >= 0.6 is 11.8 Å². The van der Waals surface area contributed by atoms with Crippen LogP contribution in [0.1, 0.15) is 10.4 Å². The highest BCUT2D eigenvalue weighted by molar-refractivity contribution is 7.99. The molecule has 1 heterocycles. The maximum absolute atomic E-state index is 13.9. The van der Waals surface area contributed by atoms with Gasteiger partial charge in [0.2, 0.25) is 5.91 Å². The van der Waals surface area contributed by atoms with Gasteiger partial charge in [0.05, 0.1) is 17.0 Å². The third-order valence-electron chi connectivity index (χ3n) is 4.81. The molecule has 34 heavy (non-hydrogen) atoms. The first-order valence-electron chi connectivity index (χ1n) is 10.2. The summed E-state index contributed by atoms with van der Waals surface area (Å²) >= 11 is 1.15. The predicted octanol–water partition coefficient (Wildman–Crippen LogP) is 4.74. The lowest BCUT2D eigenvalue weighted by molar-refractivity contribution is -0.113. The Morgan fingerprint density at radius 2 is 1.65 bits per heavy atom. The molecule has 0 unspecified atom stereocenters. The number of aromatic nitrogens is 3. The van der Waals surface area contributed by atoms with Crippen LogP contribution in [0.25, 0.3) is 11.4 Å². The molecular weight excluding hydrogens is 460 g/mol. The standard InChI is InChI=1S/C24H19F2N5O2S/c1-31-22(29-30-24(31)34-14-21(32)28-20-12-5-4-11-19(20)26)15-7-6-8-16(13-15)27-23(33)17-9-2-3-10-18(17)25/h2-13H,14H2,1H3,(H,27,33)(H,28,32). The first-order valence-corrected chi connectivity index (χ1v) is 11.1. The molecule has 0 bridgehead atoms. The van der Waals surface area contributed by atoms with Crippen LogP contribution in [0.4, 0.5) is 20.2 Å². The smallest absolute Gasteiger partial charge is 0.258 e. The van der Waals surface area contributed by atoms with Crippen LogP contribution in [0.2, 0.25) is 0 Å². The summed E-state index contributed by atoms with van der Waals surface area (Å²) in [4.78, 5) is 24.6. The average molecular weight is 480 g/mol. The molecule has 0 fully saturated rings. The molecule has 0 saturated heterocycles.